The van der Waals surface area contributed by atoms with Crippen molar-refractivity contribution in [3.05, 3.63) is 80.2 Å². The molecule has 0 N–H and O–H groups in total. The predicted molar refractivity (Wildman–Crippen MR) is 140 cm³/mol. The first-order valence-corrected chi connectivity index (χ1v) is 20.7. The molecule has 0 spiro atoms. The zero-order chi connectivity index (χ0) is 23.3. The molecule has 0 saturated heterocycles. The quantitative estimate of drug-likeness (QED) is 0.481. The Hall–Kier alpha value is -0.400. The summed E-state index contributed by atoms with van der Waals surface area (Å²) < 4.78 is 2.56. The van der Waals surface area contributed by atoms with Crippen molar-refractivity contribution in [1.82, 2.24) is 0 Å². The van der Waals surface area contributed by atoms with E-state index in [0.29, 0.717) is 3.63 Å². The van der Waals surface area contributed by atoms with Crippen LogP contribution in [0.4, 0.5) is 0 Å². The Bertz CT molecular complexity index is 1070. The van der Waals surface area contributed by atoms with E-state index in [1.54, 1.807) is 11.1 Å². The number of halogens is 2. The van der Waals surface area contributed by atoms with Crippen LogP contribution in [0.5, 0.6) is 0 Å². The molecule has 2 aromatic rings. The van der Waals surface area contributed by atoms with E-state index in [0.717, 1.165) is 0 Å². The molecule has 0 aromatic heterocycles. The van der Waals surface area contributed by atoms with E-state index in [2.05, 4.69) is 110 Å². The molecule has 0 saturated carbocycles. The van der Waals surface area contributed by atoms with Crippen LogP contribution in [0.15, 0.2) is 57.9 Å². The maximum atomic E-state index is 2.62. The number of hydrogen-bond acceptors (Lipinski definition) is 0. The van der Waals surface area contributed by atoms with Gasteiger partial charge >= 0.3 is 205 Å². The van der Waals surface area contributed by atoms with Crippen molar-refractivity contribution in [2.45, 2.75) is 88.4 Å². The van der Waals surface area contributed by atoms with E-state index in [1.165, 1.54) is 40.8 Å². The molecular weight excluding hydrogens is 551 g/mol. The molecule has 0 fully saturated rings. The second-order valence-electron chi connectivity index (χ2n) is 11.6. The van der Waals surface area contributed by atoms with Crippen LogP contribution in [-0.2, 0) is 31.2 Å². The molecule has 182 valence electrons. The van der Waals surface area contributed by atoms with Gasteiger partial charge in [-0.25, -0.2) is 0 Å². The molecule has 2 aliphatic rings. The number of benzene rings is 2. The van der Waals surface area contributed by atoms with Crippen molar-refractivity contribution in [2.75, 3.05) is 0 Å². The van der Waals surface area contributed by atoms with Crippen molar-refractivity contribution in [3.63, 3.8) is 0 Å². The zero-order valence-corrected chi connectivity index (χ0v) is 27.1. The minimum Gasteiger partial charge on any atom is -1.00 e. The molecular formula is C30H40Cl2SiZr. The minimum absolute atomic E-state index is 0. The van der Waals surface area contributed by atoms with Crippen LogP contribution in [0.3, 0.4) is 0 Å². The van der Waals surface area contributed by atoms with Crippen molar-refractivity contribution in [3.8, 4) is 11.1 Å². The van der Waals surface area contributed by atoms with E-state index >= 15 is 0 Å². The van der Waals surface area contributed by atoms with Gasteiger partial charge in [0.2, 0.25) is 0 Å². The van der Waals surface area contributed by atoms with Gasteiger partial charge in [-0.15, -0.1) is 0 Å². The maximum Gasteiger partial charge on any atom is -1.00 e. The zero-order valence-electron chi connectivity index (χ0n) is 22.2. The molecule has 34 heavy (non-hydrogen) atoms. The van der Waals surface area contributed by atoms with Gasteiger partial charge in [0.15, 0.2) is 0 Å². The Balaban J connectivity index is 0.00000204. The van der Waals surface area contributed by atoms with Crippen LogP contribution >= 0.6 is 0 Å². The molecule has 2 aliphatic carbocycles. The van der Waals surface area contributed by atoms with Crippen LogP contribution in [0.25, 0.3) is 11.1 Å². The molecule has 0 aliphatic heterocycles. The van der Waals surface area contributed by atoms with Gasteiger partial charge < -0.3 is 24.8 Å². The number of fused-ring (bicyclic) bond motifs is 3. The fourth-order valence-corrected chi connectivity index (χ4v) is 27.6. The Labute approximate surface area is 228 Å². The topological polar surface area (TPSA) is 0 Å². The molecule has 0 atom stereocenters. The average molecular weight is 591 g/mol. The second-order valence-corrected chi connectivity index (χ2v) is 27.6. The third-order valence-corrected chi connectivity index (χ3v) is 29.9. The van der Waals surface area contributed by atoms with Crippen molar-refractivity contribution >= 4 is 5.43 Å². The van der Waals surface area contributed by atoms with E-state index in [-0.39, 0.29) is 41.1 Å². The largest absolute Gasteiger partial charge is 1.00 e. The maximum absolute atomic E-state index is 2.62. The standard InChI is InChI=1S/C21H25.C5H5.C4H10Si.2ClH.Zr/c1-20(2,3)16-7-9-18-14(12-16)11-15-13-17(21(4,5)6)8-10-19(15)18;1-2-4-5-3-1;1-3-5-4-2;;;/h7-13H,1-6H3;1-3H,4H2;3-4H2,1-2H3;2*1H;/q;;;;;+2/p-2. The molecule has 0 amide bonds. The molecule has 0 unspecified atom stereocenters. The van der Waals surface area contributed by atoms with E-state index < -0.39 is 20.4 Å². The van der Waals surface area contributed by atoms with Crippen LogP contribution in [0.2, 0.25) is 12.1 Å². The van der Waals surface area contributed by atoms with Gasteiger partial charge in [0.25, 0.3) is 0 Å². The SMILES string of the molecule is CC[Si](CC)=[Zr+2]([C]1=CC=CC1)[CH]1c2cc(C(C)(C)C)ccc2-c2ccc(C(C)(C)C)cc21.[Cl-].[Cl-]. The number of hydrogen-bond donors (Lipinski definition) is 0. The number of rotatable bonds is 4. The van der Waals surface area contributed by atoms with E-state index in [4.69, 9.17) is 0 Å². The monoisotopic (exact) mass is 588 g/mol. The summed E-state index contributed by atoms with van der Waals surface area (Å²) >= 11 is -1.94. The van der Waals surface area contributed by atoms with E-state index in [1.807, 2.05) is 3.28 Å². The normalized spacial score (nSPS) is 14.4. The van der Waals surface area contributed by atoms with Crippen molar-refractivity contribution in [2.24, 2.45) is 0 Å². The number of allylic oxidation sites excluding steroid dienone is 4. The molecule has 0 radical (unpaired) electrons. The summed E-state index contributed by atoms with van der Waals surface area (Å²) in [5, 5.41) is 0. The molecule has 4 rings (SSSR count). The Morgan fingerprint density at radius 1 is 0.794 bits per heavy atom. The van der Waals surface area contributed by atoms with Crippen molar-refractivity contribution < 1.29 is 45.2 Å². The van der Waals surface area contributed by atoms with Crippen molar-refractivity contribution in [1.29, 1.82) is 0 Å². The van der Waals surface area contributed by atoms with Crippen LogP contribution < -0.4 is 24.8 Å². The first kappa shape index (κ1) is 29.8. The minimum atomic E-state index is -1.94. The Kier molecular flexibility index (Phi) is 9.94. The Morgan fingerprint density at radius 2 is 1.26 bits per heavy atom. The van der Waals surface area contributed by atoms with E-state index in [9.17, 15) is 0 Å². The van der Waals surface area contributed by atoms with Gasteiger partial charge in [-0.05, 0) is 0 Å². The molecule has 4 heteroatoms. The average Bonchev–Trinajstić information content (AvgIpc) is 3.36. The first-order valence-electron chi connectivity index (χ1n) is 12.4. The predicted octanol–water partition coefficient (Wildman–Crippen LogP) is 2.85. The van der Waals surface area contributed by atoms with Crippen LogP contribution in [0.1, 0.15) is 87.7 Å². The summed E-state index contributed by atoms with van der Waals surface area (Å²) in [6, 6.07) is 17.8. The first-order chi connectivity index (χ1) is 15.1. The van der Waals surface area contributed by atoms with Crippen LogP contribution in [0, 0.1) is 0 Å². The summed E-state index contributed by atoms with van der Waals surface area (Å²) in [6.45, 7) is 19.1. The van der Waals surface area contributed by atoms with Crippen LogP contribution in [-0.4, -0.2) is 5.43 Å². The van der Waals surface area contributed by atoms with Gasteiger partial charge in [-0.3, -0.25) is 0 Å². The fraction of sp³-hybridized carbons (Fsp3) is 0.467. The van der Waals surface area contributed by atoms with Gasteiger partial charge in [0, 0.05) is 0 Å². The molecule has 0 bridgehead atoms. The summed E-state index contributed by atoms with van der Waals surface area (Å²) in [5.74, 6) is 0. The second kappa shape index (κ2) is 11.3. The van der Waals surface area contributed by atoms with Gasteiger partial charge in [-0.1, -0.05) is 0 Å². The van der Waals surface area contributed by atoms with Gasteiger partial charge in [0.05, 0.1) is 0 Å². The van der Waals surface area contributed by atoms with Gasteiger partial charge in [-0.2, -0.15) is 0 Å². The summed E-state index contributed by atoms with van der Waals surface area (Å²) in [6.07, 6.45) is 8.51. The smallest absolute Gasteiger partial charge is 1.00 e. The summed E-state index contributed by atoms with van der Waals surface area (Å²) in [5.41, 5.74) is 9.43. The Morgan fingerprint density at radius 3 is 1.62 bits per heavy atom. The molecule has 2 aromatic carbocycles. The fourth-order valence-electron chi connectivity index (χ4n) is 5.40. The summed E-state index contributed by atoms with van der Waals surface area (Å²) in [4.78, 5) is 0. The van der Waals surface area contributed by atoms with Gasteiger partial charge in [0.1, 0.15) is 0 Å². The summed E-state index contributed by atoms with van der Waals surface area (Å²) in [7, 11) is 0. The molecule has 0 nitrogen and oxygen atoms in total. The third kappa shape index (κ3) is 5.61. The molecule has 0 heterocycles. The third-order valence-electron chi connectivity index (χ3n) is 7.39.